The summed E-state index contributed by atoms with van der Waals surface area (Å²) >= 11 is 0. The van der Waals surface area contributed by atoms with Gasteiger partial charge in [-0.3, -0.25) is 14.3 Å². The van der Waals surface area contributed by atoms with Crippen molar-refractivity contribution < 1.29 is 14.3 Å². The molecule has 0 aliphatic carbocycles. The average Bonchev–Trinajstić information content (AvgIpc) is 2.66. The van der Waals surface area contributed by atoms with Gasteiger partial charge in [0, 0.05) is 23.9 Å². The fraction of sp³-hybridized carbons (Fsp3) is 0.312. The number of hydrogen-bond donors (Lipinski definition) is 0. The second kappa shape index (κ2) is 5.91. The third kappa shape index (κ3) is 3.37. The van der Waals surface area contributed by atoms with Gasteiger partial charge in [-0.1, -0.05) is 0 Å². The minimum Gasteiger partial charge on any atom is -0.426 e. The number of esters is 1. The van der Waals surface area contributed by atoms with E-state index in [0.29, 0.717) is 11.3 Å². The van der Waals surface area contributed by atoms with Crippen molar-refractivity contribution in [3.05, 3.63) is 46.8 Å². The third-order valence-electron chi connectivity index (χ3n) is 3.47. The molecule has 2 aromatic rings. The van der Waals surface area contributed by atoms with Crippen LogP contribution in [0.25, 0.3) is 0 Å². The van der Waals surface area contributed by atoms with Crippen LogP contribution in [0.3, 0.4) is 0 Å². The molecule has 5 nitrogen and oxygen atoms in total. The Bertz CT molecular complexity index is 684. The van der Waals surface area contributed by atoms with Gasteiger partial charge in [-0.25, -0.2) is 0 Å². The summed E-state index contributed by atoms with van der Waals surface area (Å²) in [6, 6.07) is 6.53. The molecule has 5 heteroatoms. The Labute approximate surface area is 123 Å². The van der Waals surface area contributed by atoms with E-state index in [1.165, 1.54) is 6.92 Å². The monoisotopic (exact) mass is 286 g/mol. The number of hydrogen-bond acceptors (Lipinski definition) is 4. The van der Waals surface area contributed by atoms with E-state index in [1.54, 1.807) is 28.9 Å². The van der Waals surface area contributed by atoms with Gasteiger partial charge in [0.1, 0.15) is 5.75 Å². The zero-order valence-corrected chi connectivity index (χ0v) is 12.6. The van der Waals surface area contributed by atoms with Gasteiger partial charge >= 0.3 is 5.97 Å². The highest BCUT2D eigenvalue weighted by molar-refractivity contribution is 5.94. The molecule has 0 aliphatic heterocycles. The predicted octanol–water partition coefficient (Wildman–Crippen LogP) is 2.39. The summed E-state index contributed by atoms with van der Waals surface area (Å²) < 4.78 is 7.03. The zero-order chi connectivity index (χ0) is 15.6. The number of carbonyl (C=O) groups is 2. The first-order chi connectivity index (χ1) is 9.88. The van der Waals surface area contributed by atoms with Crippen LogP contribution in [-0.2, 0) is 18.3 Å². The van der Waals surface area contributed by atoms with E-state index in [2.05, 4.69) is 5.10 Å². The van der Waals surface area contributed by atoms with Gasteiger partial charge in [0.15, 0.2) is 5.78 Å². The van der Waals surface area contributed by atoms with Crippen LogP contribution < -0.4 is 4.74 Å². The summed E-state index contributed by atoms with van der Waals surface area (Å²) in [5.74, 6) is 0.0726. The number of nitrogens with zero attached hydrogens (tertiary/aromatic N) is 2. The third-order valence-corrected chi connectivity index (χ3v) is 3.47. The molecule has 21 heavy (non-hydrogen) atoms. The Kier molecular flexibility index (Phi) is 4.21. The van der Waals surface area contributed by atoms with Gasteiger partial charge in [-0.15, -0.1) is 0 Å². The topological polar surface area (TPSA) is 61.2 Å². The van der Waals surface area contributed by atoms with E-state index in [0.717, 1.165) is 17.0 Å². The smallest absolute Gasteiger partial charge is 0.315 e. The van der Waals surface area contributed by atoms with Crippen molar-refractivity contribution in [1.82, 2.24) is 9.78 Å². The fourth-order valence-corrected chi connectivity index (χ4v) is 2.14. The molecule has 1 aromatic carbocycles. The van der Waals surface area contributed by atoms with Crippen LogP contribution in [0, 0.1) is 13.8 Å². The van der Waals surface area contributed by atoms with Gasteiger partial charge in [-0.2, -0.15) is 5.10 Å². The van der Waals surface area contributed by atoms with E-state index >= 15 is 0 Å². The van der Waals surface area contributed by atoms with E-state index in [1.807, 2.05) is 20.9 Å². The van der Waals surface area contributed by atoms with Crippen LogP contribution in [0.4, 0.5) is 0 Å². The van der Waals surface area contributed by atoms with Crippen molar-refractivity contribution >= 4 is 11.8 Å². The number of Topliss-reactive ketones (excluding diaryl/α,β-unsaturated/α-hetero) is 1. The quantitative estimate of drug-likeness (QED) is 0.492. The number of ketones is 1. The molecule has 0 bridgehead atoms. The van der Waals surface area contributed by atoms with E-state index in [4.69, 9.17) is 4.74 Å². The molecule has 110 valence electrons. The molecule has 1 aromatic heterocycles. The van der Waals surface area contributed by atoms with Crippen molar-refractivity contribution in [2.24, 2.45) is 7.05 Å². The molecule has 0 fully saturated rings. The van der Waals surface area contributed by atoms with E-state index < -0.39 is 0 Å². The maximum absolute atomic E-state index is 12.0. The average molecular weight is 286 g/mol. The Hall–Kier alpha value is -2.43. The second-order valence-corrected chi connectivity index (χ2v) is 5.00. The molecule has 2 rings (SSSR count). The highest BCUT2D eigenvalue weighted by atomic mass is 16.5. The van der Waals surface area contributed by atoms with Crippen LogP contribution in [-0.4, -0.2) is 21.5 Å². The summed E-state index contributed by atoms with van der Waals surface area (Å²) in [4.78, 5) is 23.2. The SMILES string of the molecule is CC(=O)c1ccc(OC(=O)Cc2c(C)nn(C)c2C)cc1. The highest BCUT2D eigenvalue weighted by Gasteiger charge is 2.15. The largest absolute Gasteiger partial charge is 0.426 e. The van der Waals surface area contributed by atoms with E-state index in [-0.39, 0.29) is 18.2 Å². The van der Waals surface area contributed by atoms with Crippen LogP contribution >= 0.6 is 0 Å². The molecule has 0 atom stereocenters. The van der Waals surface area contributed by atoms with Crippen molar-refractivity contribution in [2.45, 2.75) is 27.2 Å². The van der Waals surface area contributed by atoms with Crippen molar-refractivity contribution in [1.29, 1.82) is 0 Å². The fourth-order valence-electron chi connectivity index (χ4n) is 2.14. The maximum Gasteiger partial charge on any atom is 0.315 e. The normalized spacial score (nSPS) is 10.5. The standard InChI is InChI=1S/C16H18N2O3/c1-10-15(11(2)18(4)17-10)9-16(20)21-14-7-5-13(6-8-14)12(3)19/h5-8H,9H2,1-4H3. The summed E-state index contributed by atoms with van der Waals surface area (Å²) in [6.45, 7) is 5.29. The molecule has 1 heterocycles. The van der Waals surface area contributed by atoms with Gasteiger partial charge in [0.2, 0.25) is 0 Å². The number of aromatic nitrogens is 2. The first-order valence-corrected chi connectivity index (χ1v) is 6.69. The lowest BCUT2D eigenvalue weighted by Crippen LogP contribution is -2.12. The van der Waals surface area contributed by atoms with Gasteiger partial charge in [0.05, 0.1) is 12.1 Å². The Morgan fingerprint density at radius 1 is 1.19 bits per heavy atom. The summed E-state index contributed by atoms with van der Waals surface area (Å²) in [5, 5.41) is 4.27. The number of ether oxygens (including phenoxy) is 1. The molecule has 0 N–H and O–H groups in total. The molecule has 0 spiro atoms. The van der Waals surface area contributed by atoms with Gasteiger partial charge in [-0.05, 0) is 45.0 Å². The minimum absolute atomic E-state index is 0.0190. The van der Waals surface area contributed by atoms with Gasteiger partial charge in [0.25, 0.3) is 0 Å². The molecule has 0 saturated heterocycles. The molecule has 0 unspecified atom stereocenters. The van der Waals surface area contributed by atoms with Crippen molar-refractivity contribution in [3.63, 3.8) is 0 Å². The van der Waals surface area contributed by atoms with E-state index in [9.17, 15) is 9.59 Å². The number of aryl methyl sites for hydroxylation is 2. The molecule has 0 saturated carbocycles. The summed E-state index contributed by atoms with van der Waals surface area (Å²) in [7, 11) is 1.84. The Balaban J connectivity index is 2.06. The first kappa shape index (κ1) is 15.0. The number of carbonyl (C=O) groups excluding carboxylic acids is 2. The number of rotatable bonds is 4. The number of benzene rings is 1. The predicted molar refractivity (Wildman–Crippen MR) is 78.5 cm³/mol. The van der Waals surface area contributed by atoms with Crippen LogP contribution in [0.15, 0.2) is 24.3 Å². The maximum atomic E-state index is 12.0. The molecular formula is C16H18N2O3. The molecule has 0 amide bonds. The Morgan fingerprint density at radius 2 is 1.81 bits per heavy atom. The Morgan fingerprint density at radius 3 is 2.29 bits per heavy atom. The van der Waals surface area contributed by atoms with Crippen molar-refractivity contribution in [3.8, 4) is 5.75 Å². The summed E-state index contributed by atoms with van der Waals surface area (Å²) in [6.07, 6.45) is 0.181. The molecule has 0 aliphatic rings. The lowest BCUT2D eigenvalue weighted by Gasteiger charge is -2.05. The lowest BCUT2D eigenvalue weighted by atomic mass is 10.1. The van der Waals surface area contributed by atoms with Crippen LogP contribution in [0.5, 0.6) is 5.75 Å². The summed E-state index contributed by atoms with van der Waals surface area (Å²) in [5.41, 5.74) is 3.27. The van der Waals surface area contributed by atoms with Crippen LogP contribution in [0.1, 0.15) is 34.2 Å². The molecular weight excluding hydrogens is 268 g/mol. The highest BCUT2D eigenvalue weighted by Crippen LogP contribution is 2.16. The molecule has 0 radical (unpaired) electrons. The van der Waals surface area contributed by atoms with Crippen LogP contribution in [0.2, 0.25) is 0 Å². The minimum atomic E-state index is -0.343. The first-order valence-electron chi connectivity index (χ1n) is 6.69. The second-order valence-electron chi connectivity index (χ2n) is 5.00. The van der Waals surface area contributed by atoms with Gasteiger partial charge < -0.3 is 4.74 Å². The zero-order valence-electron chi connectivity index (χ0n) is 12.6. The van der Waals surface area contributed by atoms with Crippen molar-refractivity contribution in [2.75, 3.05) is 0 Å². The lowest BCUT2D eigenvalue weighted by molar-refractivity contribution is -0.133.